The smallest absolute Gasteiger partial charge is 0.257 e. The molecule has 130 valence electrons. The minimum Gasteiger partial charge on any atom is -0.346 e. The van der Waals surface area contributed by atoms with Crippen molar-refractivity contribution in [2.75, 3.05) is 6.54 Å². The minimum absolute atomic E-state index is 0.172. The molecule has 0 saturated carbocycles. The monoisotopic (exact) mass is 339 g/mol. The highest BCUT2D eigenvalue weighted by atomic mass is 16.1. The molecule has 1 aliphatic heterocycles. The van der Waals surface area contributed by atoms with Crippen LogP contribution in [0.25, 0.3) is 5.65 Å². The fourth-order valence-electron chi connectivity index (χ4n) is 3.29. The standard InChI is InChI=1S/C17H21N7O/c1-10-6-11(2)24-16(20-10)15(12(3)21-24)17(25)19-8-13-7-14-9-18-4-5-23(14)22-13/h6-7,18H,4-5,8-9H2,1-3H3,(H,19,25). The number of aromatic nitrogens is 5. The van der Waals surface area contributed by atoms with Crippen molar-refractivity contribution >= 4 is 11.6 Å². The second-order valence-electron chi connectivity index (χ2n) is 6.44. The van der Waals surface area contributed by atoms with E-state index in [2.05, 4.69) is 25.8 Å². The zero-order chi connectivity index (χ0) is 17.6. The Morgan fingerprint density at radius 1 is 1.28 bits per heavy atom. The number of hydrogen-bond acceptors (Lipinski definition) is 5. The van der Waals surface area contributed by atoms with Gasteiger partial charge in [-0.3, -0.25) is 9.48 Å². The second-order valence-corrected chi connectivity index (χ2v) is 6.44. The molecule has 0 fully saturated rings. The van der Waals surface area contributed by atoms with Gasteiger partial charge < -0.3 is 10.6 Å². The number of nitrogens with one attached hydrogen (secondary N) is 2. The largest absolute Gasteiger partial charge is 0.346 e. The lowest BCUT2D eigenvalue weighted by atomic mass is 10.2. The van der Waals surface area contributed by atoms with Crippen LogP contribution in [0.5, 0.6) is 0 Å². The van der Waals surface area contributed by atoms with Gasteiger partial charge in [-0.05, 0) is 32.9 Å². The van der Waals surface area contributed by atoms with Crippen LogP contribution in [0.3, 0.4) is 0 Å². The first kappa shape index (κ1) is 15.8. The van der Waals surface area contributed by atoms with Gasteiger partial charge in [0.15, 0.2) is 5.65 Å². The molecular weight excluding hydrogens is 318 g/mol. The third kappa shape index (κ3) is 2.78. The molecule has 2 N–H and O–H groups in total. The fourth-order valence-corrected chi connectivity index (χ4v) is 3.29. The number of fused-ring (bicyclic) bond motifs is 2. The third-order valence-electron chi connectivity index (χ3n) is 4.45. The Morgan fingerprint density at radius 3 is 2.92 bits per heavy atom. The number of nitrogens with zero attached hydrogens (tertiary/aromatic N) is 5. The van der Waals surface area contributed by atoms with Gasteiger partial charge in [0.25, 0.3) is 5.91 Å². The van der Waals surface area contributed by atoms with Crippen LogP contribution in [0.1, 0.15) is 38.8 Å². The SMILES string of the molecule is Cc1cc(C)n2nc(C)c(C(=O)NCc3cc4n(n3)CCNC4)c2n1. The van der Waals surface area contributed by atoms with Gasteiger partial charge in [-0.1, -0.05) is 0 Å². The summed E-state index contributed by atoms with van der Waals surface area (Å²) in [6.45, 7) is 8.70. The van der Waals surface area contributed by atoms with E-state index in [0.29, 0.717) is 23.4 Å². The fraction of sp³-hybridized carbons (Fsp3) is 0.412. The van der Waals surface area contributed by atoms with Crippen molar-refractivity contribution < 1.29 is 4.79 Å². The van der Waals surface area contributed by atoms with E-state index in [9.17, 15) is 4.79 Å². The summed E-state index contributed by atoms with van der Waals surface area (Å²) >= 11 is 0. The Kier molecular flexibility index (Phi) is 3.76. The molecule has 0 radical (unpaired) electrons. The van der Waals surface area contributed by atoms with E-state index in [1.807, 2.05) is 37.6 Å². The normalized spacial score (nSPS) is 13.9. The molecule has 25 heavy (non-hydrogen) atoms. The summed E-state index contributed by atoms with van der Waals surface area (Å²) in [5.74, 6) is -0.172. The van der Waals surface area contributed by atoms with Gasteiger partial charge in [0, 0.05) is 24.5 Å². The molecule has 8 heteroatoms. The Balaban J connectivity index is 1.58. The van der Waals surface area contributed by atoms with Crippen LogP contribution in [0.15, 0.2) is 12.1 Å². The summed E-state index contributed by atoms with van der Waals surface area (Å²) < 4.78 is 3.71. The number of hydrogen-bond donors (Lipinski definition) is 2. The van der Waals surface area contributed by atoms with Crippen molar-refractivity contribution in [2.24, 2.45) is 0 Å². The van der Waals surface area contributed by atoms with Crippen LogP contribution in [0.4, 0.5) is 0 Å². The summed E-state index contributed by atoms with van der Waals surface area (Å²) in [5, 5.41) is 15.3. The molecule has 8 nitrogen and oxygen atoms in total. The van der Waals surface area contributed by atoms with E-state index in [4.69, 9.17) is 0 Å². The summed E-state index contributed by atoms with van der Waals surface area (Å²) in [5.41, 5.74) is 5.63. The lowest BCUT2D eigenvalue weighted by Crippen LogP contribution is -2.28. The van der Waals surface area contributed by atoms with E-state index in [1.165, 1.54) is 0 Å². The van der Waals surface area contributed by atoms with E-state index in [1.54, 1.807) is 4.52 Å². The average molecular weight is 339 g/mol. The Morgan fingerprint density at radius 2 is 2.12 bits per heavy atom. The Bertz CT molecular complexity index is 946. The Hall–Kier alpha value is -2.74. The molecule has 1 amide bonds. The Labute approximate surface area is 145 Å². The summed E-state index contributed by atoms with van der Waals surface area (Å²) in [6, 6.07) is 3.98. The molecule has 3 aromatic rings. The zero-order valence-electron chi connectivity index (χ0n) is 14.6. The second kappa shape index (κ2) is 5.96. The van der Waals surface area contributed by atoms with Crippen LogP contribution in [0, 0.1) is 20.8 Å². The number of carbonyl (C=O) groups is 1. The first-order valence-corrected chi connectivity index (χ1v) is 8.41. The quantitative estimate of drug-likeness (QED) is 0.740. The van der Waals surface area contributed by atoms with Crippen LogP contribution < -0.4 is 10.6 Å². The van der Waals surface area contributed by atoms with Gasteiger partial charge in [0.2, 0.25) is 0 Å². The maximum atomic E-state index is 12.7. The van der Waals surface area contributed by atoms with Crippen molar-refractivity contribution in [1.82, 2.24) is 35.0 Å². The molecule has 0 aliphatic carbocycles. The summed E-state index contributed by atoms with van der Waals surface area (Å²) in [7, 11) is 0. The van der Waals surface area contributed by atoms with Gasteiger partial charge in [0.1, 0.15) is 5.56 Å². The first-order chi connectivity index (χ1) is 12.0. The first-order valence-electron chi connectivity index (χ1n) is 8.41. The lowest BCUT2D eigenvalue weighted by Gasteiger charge is -2.13. The highest BCUT2D eigenvalue weighted by Gasteiger charge is 2.20. The molecule has 4 rings (SSSR count). The third-order valence-corrected chi connectivity index (χ3v) is 4.45. The van der Waals surface area contributed by atoms with Gasteiger partial charge in [-0.15, -0.1) is 0 Å². The number of carbonyl (C=O) groups excluding carboxylic acids is 1. The van der Waals surface area contributed by atoms with E-state index < -0.39 is 0 Å². The van der Waals surface area contributed by atoms with Crippen LogP contribution in [-0.2, 0) is 19.6 Å². The zero-order valence-corrected chi connectivity index (χ0v) is 14.6. The van der Waals surface area contributed by atoms with Crippen molar-refractivity contribution in [1.29, 1.82) is 0 Å². The van der Waals surface area contributed by atoms with Crippen LogP contribution in [0.2, 0.25) is 0 Å². The highest BCUT2D eigenvalue weighted by Crippen LogP contribution is 2.16. The van der Waals surface area contributed by atoms with Crippen molar-refractivity contribution in [3.05, 3.63) is 46.2 Å². The predicted octanol–water partition coefficient (Wildman–Crippen LogP) is 0.884. The van der Waals surface area contributed by atoms with Gasteiger partial charge >= 0.3 is 0 Å². The number of aryl methyl sites for hydroxylation is 3. The average Bonchev–Trinajstić information content (AvgIpc) is 3.13. The highest BCUT2D eigenvalue weighted by molar-refractivity contribution is 6.01. The molecule has 0 spiro atoms. The predicted molar refractivity (Wildman–Crippen MR) is 92.3 cm³/mol. The van der Waals surface area contributed by atoms with E-state index >= 15 is 0 Å². The molecule has 3 aromatic heterocycles. The van der Waals surface area contributed by atoms with Crippen molar-refractivity contribution in [3.8, 4) is 0 Å². The maximum absolute atomic E-state index is 12.7. The van der Waals surface area contributed by atoms with E-state index in [-0.39, 0.29) is 5.91 Å². The number of amides is 1. The van der Waals surface area contributed by atoms with Gasteiger partial charge in [0.05, 0.1) is 30.2 Å². The van der Waals surface area contributed by atoms with E-state index in [0.717, 1.165) is 42.4 Å². The summed E-state index contributed by atoms with van der Waals surface area (Å²) in [6.07, 6.45) is 0. The molecule has 0 saturated heterocycles. The van der Waals surface area contributed by atoms with Crippen molar-refractivity contribution in [3.63, 3.8) is 0 Å². The molecule has 0 unspecified atom stereocenters. The molecule has 0 aromatic carbocycles. The minimum atomic E-state index is -0.172. The lowest BCUT2D eigenvalue weighted by molar-refractivity contribution is 0.0951. The topological polar surface area (TPSA) is 89.1 Å². The van der Waals surface area contributed by atoms with Gasteiger partial charge in [-0.2, -0.15) is 10.2 Å². The molecule has 4 heterocycles. The molecule has 1 aliphatic rings. The van der Waals surface area contributed by atoms with Crippen LogP contribution >= 0.6 is 0 Å². The van der Waals surface area contributed by atoms with Crippen molar-refractivity contribution in [2.45, 2.75) is 40.4 Å². The van der Waals surface area contributed by atoms with Gasteiger partial charge in [-0.25, -0.2) is 9.50 Å². The molecule has 0 bridgehead atoms. The van der Waals surface area contributed by atoms with Crippen LogP contribution in [-0.4, -0.2) is 36.8 Å². The summed E-state index contributed by atoms with van der Waals surface area (Å²) in [4.78, 5) is 17.2. The molecular formula is C17H21N7O. The number of rotatable bonds is 3. The maximum Gasteiger partial charge on any atom is 0.257 e. The molecule has 0 atom stereocenters.